The van der Waals surface area contributed by atoms with E-state index in [2.05, 4.69) is 15.3 Å². The van der Waals surface area contributed by atoms with Gasteiger partial charge in [0, 0.05) is 24.8 Å². The van der Waals surface area contributed by atoms with Crippen molar-refractivity contribution in [3.8, 4) is 0 Å². The first kappa shape index (κ1) is 9.65. The van der Waals surface area contributed by atoms with Gasteiger partial charge in [-0.1, -0.05) is 0 Å². The average Bonchev–Trinajstić information content (AvgIpc) is 2.30. The van der Waals surface area contributed by atoms with E-state index in [1.165, 1.54) is 0 Å². The standard InChI is InChI=1S/C12H13N3/c1-3-14-12-9-5-4-8-15-10(9)6-7-11(12)13-2/h3-8,13H,1-2H3. The third-order valence-electron chi connectivity index (χ3n) is 2.28. The maximum atomic E-state index is 4.38. The molecule has 2 aromatic rings. The minimum absolute atomic E-state index is 0.950. The molecule has 3 nitrogen and oxygen atoms in total. The van der Waals surface area contributed by atoms with Gasteiger partial charge in [-0.3, -0.25) is 9.98 Å². The number of nitrogens with zero attached hydrogens (tertiary/aromatic N) is 2. The Morgan fingerprint density at radius 3 is 2.93 bits per heavy atom. The minimum Gasteiger partial charge on any atom is -0.386 e. The number of hydrogen-bond acceptors (Lipinski definition) is 3. The van der Waals surface area contributed by atoms with Crippen molar-refractivity contribution in [1.82, 2.24) is 4.98 Å². The molecule has 0 bridgehead atoms. The van der Waals surface area contributed by atoms with Crippen LogP contribution in [0.3, 0.4) is 0 Å². The normalized spacial score (nSPS) is 11.1. The van der Waals surface area contributed by atoms with Crippen molar-refractivity contribution in [1.29, 1.82) is 0 Å². The van der Waals surface area contributed by atoms with Crippen molar-refractivity contribution in [3.63, 3.8) is 0 Å². The fourth-order valence-electron chi connectivity index (χ4n) is 1.61. The van der Waals surface area contributed by atoms with Crippen molar-refractivity contribution in [2.75, 3.05) is 12.4 Å². The predicted molar refractivity (Wildman–Crippen MR) is 65.1 cm³/mol. The summed E-state index contributed by atoms with van der Waals surface area (Å²) in [6.07, 6.45) is 3.59. The number of fused-ring (bicyclic) bond motifs is 1. The van der Waals surface area contributed by atoms with Gasteiger partial charge in [-0.25, -0.2) is 0 Å². The van der Waals surface area contributed by atoms with Gasteiger partial charge in [-0.2, -0.15) is 0 Å². The minimum atomic E-state index is 0.950. The smallest absolute Gasteiger partial charge is 0.0950 e. The first-order valence-corrected chi connectivity index (χ1v) is 4.91. The summed E-state index contributed by atoms with van der Waals surface area (Å²) in [5.41, 5.74) is 2.94. The molecular weight excluding hydrogens is 186 g/mol. The lowest BCUT2D eigenvalue weighted by molar-refractivity contribution is 1.39. The Morgan fingerprint density at radius 1 is 1.33 bits per heavy atom. The van der Waals surface area contributed by atoms with Crippen LogP contribution in [0, 0.1) is 0 Å². The van der Waals surface area contributed by atoms with Gasteiger partial charge in [0.05, 0.1) is 16.9 Å². The molecule has 1 aromatic carbocycles. The van der Waals surface area contributed by atoms with E-state index < -0.39 is 0 Å². The van der Waals surface area contributed by atoms with Crippen molar-refractivity contribution in [2.24, 2.45) is 4.99 Å². The zero-order valence-electron chi connectivity index (χ0n) is 8.86. The number of hydrogen-bond donors (Lipinski definition) is 1. The van der Waals surface area contributed by atoms with Crippen LogP contribution in [0.5, 0.6) is 0 Å². The molecule has 0 amide bonds. The molecule has 0 atom stereocenters. The summed E-state index contributed by atoms with van der Waals surface area (Å²) in [5.74, 6) is 0. The van der Waals surface area contributed by atoms with E-state index in [4.69, 9.17) is 0 Å². The number of pyridine rings is 1. The third-order valence-corrected chi connectivity index (χ3v) is 2.28. The summed E-state index contributed by atoms with van der Waals surface area (Å²) in [4.78, 5) is 8.68. The monoisotopic (exact) mass is 199 g/mol. The number of aromatic nitrogens is 1. The van der Waals surface area contributed by atoms with Gasteiger partial charge in [0.1, 0.15) is 0 Å². The van der Waals surface area contributed by atoms with Gasteiger partial charge in [0.25, 0.3) is 0 Å². The quantitative estimate of drug-likeness (QED) is 0.755. The van der Waals surface area contributed by atoms with Crippen molar-refractivity contribution in [3.05, 3.63) is 30.5 Å². The molecule has 1 N–H and O–H groups in total. The molecule has 3 heteroatoms. The fraction of sp³-hybridized carbons (Fsp3) is 0.167. The van der Waals surface area contributed by atoms with Crippen LogP contribution in [0.1, 0.15) is 6.92 Å². The molecule has 15 heavy (non-hydrogen) atoms. The summed E-state index contributed by atoms with van der Waals surface area (Å²) >= 11 is 0. The van der Waals surface area contributed by atoms with E-state index in [0.717, 1.165) is 22.3 Å². The van der Waals surface area contributed by atoms with Gasteiger partial charge >= 0.3 is 0 Å². The van der Waals surface area contributed by atoms with Crippen molar-refractivity contribution in [2.45, 2.75) is 6.92 Å². The lowest BCUT2D eigenvalue weighted by atomic mass is 10.1. The van der Waals surface area contributed by atoms with Crippen molar-refractivity contribution >= 4 is 28.5 Å². The van der Waals surface area contributed by atoms with E-state index in [0.29, 0.717) is 0 Å². The molecule has 76 valence electrons. The van der Waals surface area contributed by atoms with Gasteiger partial charge in [-0.15, -0.1) is 0 Å². The Bertz CT molecular complexity index is 503. The van der Waals surface area contributed by atoms with E-state index in [9.17, 15) is 0 Å². The van der Waals surface area contributed by atoms with Crippen LogP contribution in [0.15, 0.2) is 35.5 Å². The summed E-state index contributed by atoms with van der Waals surface area (Å²) in [5, 5.41) is 4.20. The number of rotatable bonds is 2. The second kappa shape index (κ2) is 4.09. The van der Waals surface area contributed by atoms with Crippen LogP contribution in [0.2, 0.25) is 0 Å². The van der Waals surface area contributed by atoms with Crippen LogP contribution >= 0.6 is 0 Å². The highest BCUT2D eigenvalue weighted by Crippen LogP contribution is 2.32. The van der Waals surface area contributed by atoms with E-state index in [1.54, 1.807) is 12.4 Å². The van der Waals surface area contributed by atoms with E-state index in [-0.39, 0.29) is 0 Å². The second-order valence-electron chi connectivity index (χ2n) is 3.17. The molecule has 0 unspecified atom stereocenters. The Kier molecular flexibility index (Phi) is 2.63. The summed E-state index contributed by atoms with van der Waals surface area (Å²) in [6.45, 7) is 1.91. The summed E-state index contributed by atoms with van der Waals surface area (Å²) in [7, 11) is 1.90. The Hall–Kier alpha value is -1.90. The van der Waals surface area contributed by atoms with E-state index in [1.807, 2.05) is 38.2 Å². The van der Waals surface area contributed by atoms with Gasteiger partial charge in [-0.05, 0) is 31.2 Å². The Balaban J connectivity index is 2.78. The third kappa shape index (κ3) is 1.68. The zero-order valence-corrected chi connectivity index (χ0v) is 8.86. The lowest BCUT2D eigenvalue weighted by Gasteiger charge is -2.07. The van der Waals surface area contributed by atoms with Crippen LogP contribution in [-0.2, 0) is 0 Å². The van der Waals surface area contributed by atoms with Crippen LogP contribution < -0.4 is 5.32 Å². The number of anilines is 1. The van der Waals surface area contributed by atoms with Crippen LogP contribution in [0.4, 0.5) is 11.4 Å². The van der Waals surface area contributed by atoms with Gasteiger partial charge in [0.2, 0.25) is 0 Å². The molecule has 0 fully saturated rings. The lowest BCUT2D eigenvalue weighted by Crippen LogP contribution is -1.89. The van der Waals surface area contributed by atoms with Crippen LogP contribution in [0.25, 0.3) is 10.9 Å². The maximum Gasteiger partial charge on any atom is 0.0950 e. The SMILES string of the molecule is CC=Nc1c(NC)ccc2ncccc12. The number of benzene rings is 1. The largest absolute Gasteiger partial charge is 0.386 e. The highest BCUT2D eigenvalue weighted by molar-refractivity contribution is 5.97. The molecule has 1 aromatic heterocycles. The summed E-state index contributed by atoms with van der Waals surface area (Å²) in [6, 6.07) is 7.95. The van der Waals surface area contributed by atoms with E-state index >= 15 is 0 Å². The first-order chi connectivity index (χ1) is 7.36. The molecule has 0 aliphatic heterocycles. The number of nitrogens with one attached hydrogen (secondary N) is 1. The van der Waals surface area contributed by atoms with Crippen LogP contribution in [-0.4, -0.2) is 18.2 Å². The highest BCUT2D eigenvalue weighted by Gasteiger charge is 2.04. The number of aliphatic imine (C=N–C) groups is 1. The second-order valence-corrected chi connectivity index (χ2v) is 3.17. The highest BCUT2D eigenvalue weighted by atomic mass is 14.9. The molecule has 0 saturated carbocycles. The van der Waals surface area contributed by atoms with Crippen molar-refractivity contribution < 1.29 is 0 Å². The average molecular weight is 199 g/mol. The zero-order chi connectivity index (χ0) is 10.7. The fourth-order valence-corrected chi connectivity index (χ4v) is 1.61. The molecule has 0 spiro atoms. The molecule has 0 aliphatic carbocycles. The summed E-state index contributed by atoms with van der Waals surface area (Å²) < 4.78 is 0. The predicted octanol–water partition coefficient (Wildman–Crippen LogP) is 3.00. The molecule has 0 radical (unpaired) electrons. The molecule has 2 rings (SSSR count). The molecule has 1 heterocycles. The molecular formula is C12H13N3. The van der Waals surface area contributed by atoms with Gasteiger partial charge < -0.3 is 5.32 Å². The van der Waals surface area contributed by atoms with Gasteiger partial charge in [0.15, 0.2) is 0 Å². The first-order valence-electron chi connectivity index (χ1n) is 4.91. The Morgan fingerprint density at radius 2 is 2.20 bits per heavy atom. The molecule has 0 saturated heterocycles. The maximum absolute atomic E-state index is 4.38. The molecule has 0 aliphatic rings. The topological polar surface area (TPSA) is 37.3 Å². The Labute approximate surface area is 88.9 Å².